The minimum absolute atomic E-state index is 0.553. The summed E-state index contributed by atoms with van der Waals surface area (Å²) in [7, 11) is 0. The lowest BCUT2D eigenvalue weighted by Crippen LogP contribution is -1.76. The fourth-order valence-electron chi connectivity index (χ4n) is 2.05. The normalized spacial score (nSPS) is 11.1. The molecule has 78 valence electrons. The van der Waals surface area contributed by atoms with Crippen molar-refractivity contribution in [2.24, 2.45) is 0 Å². The molecule has 0 aliphatic rings. The van der Waals surface area contributed by atoms with Gasteiger partial charge in [-0.15, -0.1) is 0 Å². The molecule has 0 atom stereocenters. The first-order chi connectivity index (χ1) is 7.69. The predicted molar refractivity (Wildman–Crippen MR) is 60.2 cm³/mol. The fraction of sp³-hybridized carbons (Fsp3) is 0.154. The second-order valence-electron chi connectivity index (χ2n) is 3.91. The Morgan fingerprint density at radius 2 is 1.81 bits per heavy atom. The first kappa shape index (κ1) is 9.05. The van der Waals surface area contributed by atoms with Crippen LogP contribution in [-0.2, 0) is 0 Å². The van der Waals surface area contributed by atoms with Gasteiger partial charge in [0.2, 0.25) is 0 Å². The molecule has 16 heavy (non-hydrogen) atoms. The standard InChI is InChI=1S/C13H9NO2/c1-7-3-9-5-12-10(4-8(2)15-12)11(6-14)13(9)16-7/h3-5H,1-2H3. The van der Waals surface area contributed by atoms with Crippen molar-refractivity contribution in [3.05, 3.63) is 35.3 Å². The van der Waals surface area contributed by atoms with Gasteiger partial charge in [0.25, 0.3) is 0 Å². The molecule has 0 bridgehead atoms. The van der Waals surface area contributed by atoms with Gasteiger partial charge in [0.1, 0.15) is 28.7 Å². The van der Waals surface area contributed by atoms with Crippen molar-refractivity contribution >= 4 is 21.9 Å². The van der Waals surface area contributed by atoms with Crippen molar-refractivity contribution in [3.8, 4) is 6.07 Å². The number of aryl methyl sites for hydroxylation is 2. The monoisotopic (exact) mass is 211 g/mol. The lowest BCUT2D eigenvalue weighted by atomic mass is 10.1. The van der Waals surface area contributed by atoms with Crippen LogP contribution in [0.5, 0.6) is 0 Å². The van der Waals surface area contributed by atoms with Gasteiger partial charge >= 0.3 is 0 Å². The van der Waals surface area contributed by atoms with Crippen LogP contribution in [0.3, 0.4) is 0 Å². The van der Waals surface area contributed by atoms with Crippen LogP contribution in [0.4, 0.5) is 0 Å². The quantitative estimate of drug-likeness (QED) is 0.570. The van der Waals surface area contributed by atoms with Crippen molar-refractivity contribution in [2.75, 3.05) is 0 Å². The number of fused-ring (bicyclic) bond motifs is 2. The Kier molecular flexibility index (Phi) is 1.64. The van der Waals surface area contributed by atoms with Crippen molar-refractivity contribution in [1.29, 1.82) is 5.26 Å². The number of nitriles is 1. The number of nitrogens with zero attached hydrogens (tertiary/aromatic N) is 1. The molecule has 0 unspecified atom stereocenters. The second kappa shape index (κ2) is 2.89. The number of rotatable bonds is 0. The Morgan fingerprint density at radius 1 is 1.06 bits per heavy atom. The van der Waals surface area contributed by atoms with Gasteiger partial charge in [-0.05, 0) is 32.0 Å². The Morgan fingerprint density at radius 3 is 2.56 bits per heavy atom. The third kappa shape index (κ3) is 1.07. The van der Waals surface area contributed by atoms with Crippen LogP contribution < -0.4 is 0 Å². The molecule has 2 aromatic heterocycles. The topological polar surface area (TPSA) is 50.1 Å². The minimum atomic E-state index is 0.553. The number of benzene rings is 1. The van der Waals surface area contributed by atoms with Gasteiger partial charge < -0.3 is 8.83 Å². The number of hydrogen-bond acceptors (Lipinski definition) is 3. The van der Waals surface area contributed by atoms with Crippen molar-refractivity contribution in [3.63, 3.8) is 0 Å². The third-order valence-electron chi connectivity index (χ3n) is 2.66. The molecule has 2 heterocycles. The molecule has 0 fully saturated rings. The Bertz CT molecular complexity index is 686. The van der Waals surface area contributed by atoms with Crippen LogP contribution in [0, 0.1) is 25.2 Å². The average molecular weight is 211 g/mol. The van der Waals surface area contributed by atoms with Gasteiger partial charge in [0, 0.05) is 10.8 Å². The zero-order valence-corrected chi connectivity index (χ0v) is 9.00. The molecular formula is C13H9NO2. The maximum Gasteiger partial charge on any atom is 0.152 e. The Labute approximate surface area is 91.9 Å². The minimum Gasteiger partial charge on any atom is -0.461 e. The van der Waals surface area contributed by atoms with E-state index in [0.29, 0.717) is 11.1 Å². The molecule has 0 saturated carbocycles. The zero-order valence-electron chi connectivity index (χ0n) is 9.00. The summed E-state index contributed by atoms with van der Waals surface area (Å²) >= 11 is 0. The largest absolute Gasteiger partial charge is 0.461 e. The summed E-state index contributed by atoms with van der Waals surface area (Å²) in [6, 6.07) is 7.87. The molecule has 0 aliphatic heterocycles. The van der Waals surface area contributed by atoms with Gasteiger partial charge in [-0.1, -0.05) is 0 Å². The lowest BCUT2D eigenvalue weighted by molar-refractivity contribution is 0.575. The highest BCUT2D eigenvalue weighted by molar-refractivity contribution is 6.00. The summed E-state index contributed by atoms with van der Waals surface area (Å²) < 4.78 is 11.1. The summed E-state index contributed by atoms with van der Waals surface area (Å²) in [6.07, 6.45) is 0. The SMILES string of the molecule is Cc1cc2c(C#N)c3oc(C)cc3cc2o1. The maximum absolute atomic E-state index is 9.20. The Balaban J connectivity index is 2.60. The van der Waals surface area contributed by atoms with Crippen LogP contribution in [0.1, 0.15) is 17.1 Å². The zero-order chi connectivity index (χ0) is 11.3. The van der Waals surface area contributed by atoms with E-state index in [1.165, 1.54) is 0 Å². The molecule has 0 radical (unpaired) electrons. The van der Waals surface area contributed by atoms with E-state index in [-0.39, 0.29) is 0 Å². The second-order valence-corrected chi connectivity index (χ2v) is 3.91. The highest BCUT2D eigenvalue weighted by Gasteiger charge is 2.14. The lowest BCUT2D eigenvalue weighted by Gasteiger charge is -1.93. The van der Waals surface area contributed by atoms with Crippen molar-refractivity contribution < 1.29 is 8.83 Å². The predicted octanol–water partition coefficient (Wildman–Crippen LogP) is 3.67. The summed E-state index contributed by atoms with van der Waals surface area (Å²) in [4.78, 5) is 0. The number of furan rings is 2. The molecule has 0 aliphatic carbocycles. The summed E-state index contributed by atoms with van der Waals surface area (Å²) in [5, 5.41) is 10.9. The van der Waals surface area contributed by atoms with E-state index < -0.39 is 0 Å². The van der Waals surface area contributed by atoms with Crippen molar-refractivity contribution in [1.82, 2.24) is 0 Å². The molecule has 3 rings (SSSR count). The molecule has 0 saturated heterocycles. The van der Waals surface area contributed by atoms with Crippen LogP contribution in [0.25, 0.3) is 21.9 Å². The van der Waals surface area contributed by atoms with E-state index in [2.05, 4.69) is 6.07 Å². The average Bonchev–Trinajstić information content (AvgIpc) is 2.74. The molecule has 0 spiro atoms. The molecule has 0 N–H and O–H groups in total. The molecule has 0 amide bonds. The highest BCUT2D eigenvalue weighted by atomic mass is 16.3. The summed E-state index contributed by atoms with van der Waals surface area (Å²) in [5.74, 6) is 1.60. The smallest absolute Gasteiger partial charge is 0.152 e. The summed E-state index contributed by atoms with van der Waals surface area (Å²) in [5.41, 5.74) is 1.94. The fourth-order valence-corrected chi connectivity index (χ4v) is 2.05. The van der Waals surface area contributed by atoms with Gasteiger partial charge in [-0.3, -0.25) is 0 Å². The molecule has 3 aromatic rings. The third-order valence-corrected chi connectivity index (χ3v) is 2.66. The van der Waals surface area contributed by atoms with E-state index in [9.17, 15) is 5.26 Å². The van der Waals surface area contributed by atoms with Gasteiger partial charge in [0.15, 0.2) is 5.58 Å². The Hall–Kier alpha value is -2.21. The molecular weight excluding hydrogens is 202 g/mol. The molecule has 3 heteroatoms. The van der Waals surface area contributed by atoms with E-state index in [4.69, 9.17) is 8.83 Å². The van der Waals surface area contributed by atoms with Gasteiger partial charge in [-0.25, -0.2) is 0 Å². The van der Waals surface area contributed by atoms with Crippen LogP contribution >= 0.6 is 0 Å². The van der Waals surface area contributed by atoms with Crippen molar-refractivity contribution in [2.45, 2.75) is 13.8 Å². The number of hydrogen-bond donors (Lipinski definition) is 0. The van der Waals surface area contributed by atoms with Crippen LogP contribution in [0.15, 0.2) is 27.0 Å². The first-order valence-corrected chi connectivity index (χ1v) is 5.02. The van der Waals surface area contributed by atoms with E-state index in [1.807, 2.05) is 32.0 Å². The van der Waals surface area contributed by atoms with E-state index >= 15 is 0 Å². The van der Waals surface area contributed by atoms with E-state index in [0.717, 1.165) is 27.9 Å². The first-order valence-electron chi connectivity index (χ1n) is 5.02. The summed E-state index contributed by atoms with van der Waals surface area (Å²) in [6.45, 7) is 3.74. The van der Waals surface area contributed by atoms with Gasteiger partial charge in [-0.2, -0.15) is 5.26 Å². The molecule has 3 nitrogen and oxygen atoms in total. The maximum atomic E-state index is 9.20. The van der Waals surface area contributed by atoms with Gasteiger partial charge in [0.05, 0.1) is 0 Å². The van der Waals surface area contributed by atoms with Crippen LogP contribution in [0.2, 0.25) is 0 Å². The van der Waals surface area contributed by atoms with Crippen LogP contribution in [-0.4, -0.2) is 0 Å². The molecule has 1 aromatic carbocycles. The highest BCUT2D eigenvalue weighted by Crippen LogP contribution is 2.31. The van der Waals surface area contributed by atoms with E-state index in [1.54, 1.807) is 0 Å².